The highest BCUT2D eigenvalue weighted by atomic mass is 16.5. The molecule has 1 nitrogen and oxygen atoms in total. The second-order valence-corrected chi connectivity index (χ2v) is 3.95. The van der Waals surface area contributed by atoms with Gasteiger partial charge in [0.1, 0.15) is 5.75 Å². The second-order valence-electron chi connectivity index (χ2n) is 3.95. The predicted molar refractivity (Wildman–Crippen MR) is 67.0 cm³/mol. The van der Waals surface area contributed by atoms with E-state index in [1.54, 1.807) is 7.11 Å². The van der Waals surface area contributed by atoms with Crippen molar-refractivity contribution in [2.24, 2.45) is 0 Å². The Morgan fingerprint density at radius 2 is 1.81 bits per heavy atom. The molecule has 0 N–H and O–H groups in total. The first-order valence-corrected chi connectivity index (χ1v) is 5.47. The van der Waals surface area contributed by atoms with Gasteiger partial charge in [0.25, 0.3) is 0 Å². The highest BCUT2D eigenvalue weighted by Gasteiger charge is 2.00. The van der Waals surface area contributed by atoms with Crippen LogP contribution in [0.5, 0.6) is 5.75 Å². The first kappa shape index (κ1) is 10.7. The van der Waals surface area contributed by atoms with Gasteiger partial charge in [0.2, 0.25) is 0 Å². The number of benzene rings is 2. The van der Waals surface area contributed by atoms with Crippen LogP contribution in [-0.4, -0.2) is 7.11 Å². The van der Waals surface area contributed by atoms with Gasteiger partial charge in [-0.05, 0) is 42.2 Å². The van der Waals surface area contributed by atoms with Gasteiger partial charge in [-0.3, -0.25) is 0 Å². The fourth-order valence-corrected chi connectivity index (χ4v) is 1.81. The topological polar surface area (TPSA) is 9.23 Å². The minimum Gasteiger partial charge on any atom is -0.497 e. The van der Waals surface area contributed by atoms with Crippen molar-refractivity contribution in [2.45, 2.75) is 13.3 Å². The summed E-state index contributed by atoms with van der Waals surface area (Å²) in [7, 11) is 1.70. The fraction of sp³-hybridized carbons (Fsp3) is 0.200. The highest BCUT2D eigenvalue weighted by Crippen LogP contribution is 2.17. The molecule has 16 heavy (non-hydrogen) atoms. The van der Waals surface area contributed by atoms with E-state index >= 15 is 0 Å². The Morgan fingerprint density at radius 3 is 2.56 bits per heavy atom. The van der Waals surface area contributed by atoms with E-state index in [0.29, 0.717) is 0 Å². The second kappa shape index (κ2) is 4.84. The number of ether oxygens (including phenoxy) is 1. The third kappa shape index (κ3) is 2.43. The molecule has 0 aromatic heterocycles. The van der Waals surface area contributed by atoms with Gasteiger partial charge in [0.05, 0.1) is 7.11 Å². The maximum atomic E-state index is 5.22. The van der Waals surface area contributed by atoms with E-state index in [2.05, 4.69) is 43.3 Å². The molecule has 2 aromatic rings. The van der Waals surface area contributed by atoms with Crippen molar-refractivity contribution in [1.82, 2.24) is 0 Å². The maximum Gasteiger partial charge on any atom is 0.119 e. The van der Waals surface area contributed by atoms with Crippen LogP contribution in [0, 0.1) is 6.92 Å². The zero-order valence-corrected chi connectivity index (χ0v) is 9.73. The molecule has 2 rings (SSSR count). The van der Waals surface area contributed by atoms with Gasteiger partial charge in [-0.2, -0.15) is 0 Å². The predicted octanol–water partition coefficient (Wildman–Crippen LogP) is 3.59. The summed E-state index contributed by atoms with van der Waals surface area (Å²) in [6.45, 7) is 2.15. The molecule has 0 saturated carbocycles. The zero-order valence-electron chi connectivity index (χ0n) is 9.73. The average molecular weight is 212 g/mol. The van der Waals surface area contributed by atoms with Crippen molar-refractivity contribution in [3.8, 4) is 5.75 Å². The van der Waals surface area contributed by atoms with Gasteiger partial charge in [-0.15, -0.1) is 0 Å². The van der Waals surface area contributed by atoms with E-state index in [1.807, 2.05) is 12.1 Å². The summed E-state index contributed by atoms with van der Waals surface area (Å²) >= 11 is 0. The van der Waals surface area contributed by atoms with Gasteiger partial charge in [-0.25, -0.2) is 0 Å². The number of hydrogen-bond donors (Lipinski definition) is 0. The lowest BCUT2D eigenvalue weighted by atomic mass is 10.0. The molecule has 0 aliphatic rings. The molecule has 0 fully saturated rings. The van der Waals surface area contributed by atoms with Crippen molar-refractivity contribution in [2.75, 3.05) is 7.11 Å². The van der Waals surface area contributed by atoms with Gasteiger partial charge >= 0.3 is 0 Å². The summed E-state index contributed by atoms with van der Waals surface area (Å²) in [6.07, 6.45) is 0.962. The normalized spacial score (nSPS) is 10.1. The standard InChI is InChI=1S/C15H16O/c1-12-6-3-4-8-14(12)10-13-7-5-9-15(11-13)16-2/h3-9,11H,10H2,1-2H3. The maximum absolute atomic E-state index is 5.22. The molecule has 0 atom stereocenters. The van der Waals surface area contributed by atoms with E-state index in [-0.39, 0.29) is 0 Å². The lowest BCUT2D eigenvalue weighted by molar-refractivity contribution is 0.414. The molecular formula is C15H16O. The Hall–Kier alpha value is -1.76. The Bertz CT molecular complexity index is 474. The van der Waals surface area contributed by atoms with Crippen LogP contribution in [0.2, 0.25) is 0 Å². The molecule has 0 aliphatic carbocycles. The average Bonchev–Trinajstić information content (AvgIpc) is 2.32. The van der Waals surface area contributed by atoms with E-state index in [1.165, 1.54) is 16.7 Å². The van der Waals surface area contributed by atoms with Crippen molar-refractivity contribution in [3.63, 3.8) is 0 Å². The summed E-state index contributed by atoms with van der Waals surface area (Å²) in [5.74, 6) is 0.922. The summed E-state index contributed by atoms with van der Waals surface area (Å²) in [5.41, 5.74) is 4.00. The number of rotatable bonds is 3. The van der Waals surface area contributed by atoms with E-state index in [0.717, 1.165) is 12.2 Å². The van der Waals surface area contributed by atoms with Crippen LogP contribution in [0.15, 0.2) is 48.5 Å². The smallest absolute Gasteiger partial charge is 0.119 e. The van der Waals surface area contributed by atoms with Crippen LogP contribution < -0.4 is 4.74 Å². The fourth-order valence-electron chi connectivity index (χ4n) is 1.81. The molecule has 0 unspecified atom stereocenters. The minimum absolute atomic E-state index is 0.922. The first-order valence-electron chi connectivity index (χ1n) is 5.47. The lowest BCUT2D eigenvalue weighted by Crippen LogP contribution is -1.92. The number of aryl methyl sites for hydroxylation is 1. The molecule has 1 heteroatoms. The van der Waals surface area contributed by atoms with Gasteiger partial charge < -0.3 is 4.74 Å². The largest absolute Gasteiger partial charge is 0.497 e. The molecule has 0 aliphatic heterocycles. The van der Waals surface area contributed by atoms with Crippen molar-refractivity contribution in [3.05, 3.63) is 65.2 Å². The van der Waals surface area contributed by atoms with E-state index < -0.39 is 0 Å². The summed E-state index contributed by atoms with van der Waals surface area (Å²) in [6, 6.07) is 16.7. The Kier molecular flexibility index (Phi) is 3.25. The molecule has 0 heterocycles. The van der Waals surface area contributed by atoms with Crippen molar-refractivity contribution < 1.29 is 4.74 Å². The molecule has 0 saturated heterocycles. The number of hydrogen-bond acceptors (Lipinski definition) is 1. The van der Waals surface area contributed by atoms with Gasteiger partial charge in [0.15, 0.2) is 0 Å². The third-order valence-electron chi connectivity index (χ3n) is 2.79. The summed E-state index contributed by atoms with van der Waals surface area (Å²) < 4.78 is 5.22. The summed E-state index contributed by atoms with van der Waals surface area (Å²) in [4.78, 5) is 0. The minimum atomic E-state index is 0.922. The molecule has 0 spiro atoms. The Labute approximate surface area is 96.7 Å². The molecule has 2 aromatic carbocycles. The highest BCUT2D eigenvalue weighted by molar-refractivity contribution is 5.35. The Morgan fingerprint density at radius 1 is 1.00 bits per heavy atom. The van der Waals surface area contributed by atoms with Crippen LogP contribution in [0.25, 0.3) is 0 Å². The number of methoxy groups -OCH3 is 1. The van der Waals surface area contributed by atoms with Gasteiger partial charge in [0, 0.05) is 0 Å². The van der Waals surface area contributed by atoms with Crippen LogP contribution in [-0.2, 0) is 6.42 Å². The van der Waals surface area contributed by atoms with Crippen LogP contribution in [0.4, 0.5) is 0 Å². The quantitative estimate of drug-likeness (QED) is 0.755. The SMILES string of the molecule is COc1cccc(Cc2ccccc2C)c1. The molecular weight excluding hydrogens is 196 g/mol. The van der Waals surface area contributed by atoms with Crippen LogP contribution in [0.3, 0.4) is 0 Å². The van der Waals surface area contributed by atoms with Crippen LogP contribution >= 0.6 is 0 Å². The Balaban J connectivity index is 2.24. The zero-order chi connectivity index (χ0) is 11.4. The van der Waals surface area contributed by atoms with E-state index in [4.69, 9.17) is 4.74 Å². The van der Waals surface area contributed by atoms with Crippen molar-refractivity contribution in [1.29, 1.82) is 0 Å². The molecule has 0 bridgehead atoms. The van der Waals surface area contributed by atoms with Crippen molar-refractivity contribution >= 4 is 0 Å². The molecule has 82 valence electrons. The molecule has 0 amide bonds. The van der Waals surface area contributed by atoms with Crippen LogP contribution in [0.1, 0.15) is 16.7 Å². The molecule has 0 radical (unpaired) electrons. The monoisotopic (exact) mass is 212 g/mol. The lowest BCUT2D eigenvalue weighted by Gasteiger charge is -2.07. The van der Waals surface area contributed by atoms with E-state index in [9.17, 15) is 0 Å². The summed E-state index contributed by atoms with van der Waals surface area (Å²) in [5, 5.41) is 0. The first-order chi connectivity index (χ1) is 7.79. The third-order valence-corrected chi connectivity index (χ3v) is 2.79. The van der Waals surface area contributed by atoms with Gasteiger partial charge in [-0.1, -0.05) is 36.4 Å².